The Labute approximate surface area is 195 Å². The molecule has 2 fully saturated rings. The van der Waals surface area contributed by atoms with Crippen LogP contribution >= 0.6 is 0 Å². The lowest BCUT2D eigenvalue weighted by molar-refractivity contribution is -0.142. The zero-order chi connectivity index (χ0) is 23.6. The minimum atomic E-state index is -1.17. The van der Waals surface area contributed by atoms with E-state index in [0.29, 0.717) is 25.1 Å². The van der Waals surface area contributed by atoms with Crippen LogP contribution < -0.4 is 0 Å². The molecule has 174 valence electrons. The minimum Gasteiger partial charge on any atom is -0.393 e. The van der Waals surface area contributed by atoms with Gasteiger partial charge in [0.15, 0.2) is 0 Å². The van der Waals surface area contributed by atoms with Crippen molar-refractivity contribution in [1.29, 1.82) is 0 Å². The summed E-state index contributed by atoms with van der Waals surface area (Å²) in [7, 11) is 1.49. The normalized spacial score (nSPS) is 22.6. The number of carbonyl (C=O) groups excluding carboxylic acids is 3. The average molecular weight is 449 g/mol. The molecule has 0 spiro atoms. The Morgan fingerprint density at radius 1 is 1.03 bits per heavy atom. The van der Waals surface area contributed by atoms with Crippen LogP contribution in [0.1, 0.15) is 44.6 Å². The van der Waals surface area contributed by atoms with Gasteiger partial charge in [-0.15, -0.1) is 0 Å². The van der Waals surface area contributed by atoms with Crippen molar-refractivity contribution < 1.29 is 19.5 Å². The molecule has 0 aromatic heterocycles. The van der Waals surface area contributed by atoms with E-state index >= 15 is 0 Å². The summed E-state index contributed by atoms with van der Waals surface area (Å²) in [6, 6.07) is 17.6. The predicted molar refractivity (Wildman–Crippen MR) is 126 cm³/mol. The van der Waals surface area contributed by atoms with Crippen molar-refractivity contribution >= 4 is 17.7 Å². The number of hydrogen-bond donors (Lipinski definition) is 1. The van der Waals surface area contributed by atoms with Gasteiger partial charge >= 0.3 is 0 Å². The Morgan fingerprint density at radius 2 is 1.64 bits per heavy atom. The lowest BCUT2D eigenvalue weighted by Crippen LogP contribution is -2.46. The van der Waals surface area contributed by atoms with Gasteiger partial charge in [-0.05, 0) is 41.9 Å². The third-order valence-corrected chi connectivity index (χ3v) is 7.39. The molecule has 2 aromatic carbocycles. The molecule has 3 amide bonds. The number of rotatable bonds is 6. The predicted octanol–water partition coefficient (Wildman–Crippen LogP) is 3.38. The topological polar surface area (TPSA) is 77.9 Å². The molecule has 2 unspecified atom stereocenters. The first kappa shape index (κ1) is 23.2. The molecular formula is C27H32N2O4. The smallest absolute Gasteiger partial charge is 0.240 e. The van der Waals surface area contributed by atoms with Crippen LogP contribution in [-0.4, -0.2) is 58.9 Å². The van der Waals surface area contributed by atoms with Crippen molar-refractivity contribution in [3.05, 3.63) is 60.2 Å². The molecule has 2 aromatic rings. The molecule has 4 rings (SSSR count). The minimum absolute atomic E-state index is 0.00374. The number of carbonyl (C=O) groups is 3. The van der Waals surface area contributed by atoms with Crippen molar-refractivity contribution in [3.8, 4) is 11.1 Å². The van der Waals surface area contributed by atoms with Crippen molar-refractivity contribution in [2.45, 2.75) is 50.5 Å². The number of nitrogens with zero attached hydrogens (tertiary/aromatic N) is 2. The molecule has 2 saturated heterocycles. The summed E-state index contributed by atoms with van der Waals surface area (Å²) in [5.41, 5.74) is 1.62. The van der Waals surface area contributed by atoms with Crippen molar-refractivity contribution in [3.63, 3.8) is 0 Å². The third kappa shape index (κ3) is 4.44. The number of benzene rings is 2. The highest BCUT2D eigenvalue weighted by atomic mass is 16.3. The molecule has 2 heterocycles. The molecule has 2 aliphatic rings. The SMILES string of the molecule is CCC(O)C1CCN(C(=O)CC2(c3ccc(-c4ccccc4)cc3)CC(=O)N(C)C2=O)CC1. The lowest BCUT2D eigenvalue weighted by Gasteiger charge is -2.36. The number of piperidine rings is 1. The Morgan fingerprint density at radius 3 is 2.18 bits per heavy atom. The van der Waals surface area contributed by atoms with Gasteiger partial charge < -0.3 is 10.0 Å². The fraction of sp³-hybridized carbons (Fsp3) is 0.444. The van der Waals surface area contributed by atoms with E-state index < -0.39 is 5.41 Å². The molecule has 0 radical (unpaired) electrons. The van der Waals surface area contributed by atoms with E-state index in [0.717, 1.165) is 28.9 Å². The van der Waals surface area contributed by atoms with Crippen LogP contribution in [-0.2, 0) is 19.8 Å². The average Bonchev–Trinajstić information content (AvgIpc) is 3.08. The number of aliphatic hydroxyl groups excluding tert-OH is 1. The monoisotopic (exact) mass is 448 g/mol. The van der Waals surface area contributed by atoms with Crippen LogP contribution in [0.2, 0.25) is 0 Å². The van der Waals surface area contributed by atoms with Crippen LogP contribution in [0.3, 0.4) is 0 Å². The first-order valence-electron chi connectivity index (χ1n) is 11.8. The van der Waals surface area contributed by atoms with E-state index in [9.17, 15) is 19.5 Å². The quantitative estimate of drug-likeness (QED) is 0.688. The van der Waals surface area contributed by atoms with Gasteiger partial charge in [-0.1, -0.05) is 61.5 Å². The maximum atomic E-state index is 13.3. The molecule has 1 N–H and O–H groups in total. The van der Waals surface area contributed by atoms with Crippen molar-refractivity contribution in [2.75, 3.05) is 20.1 Å². The standard InChI is InChI=1S/C27H32N2O4/c1-3-23(30)21-13-15-29(16-14-21)25(32)18-27(17-24(31)28(2)26(27)33)22-11-9-20(10-12-22)19-7-5-4-6-8-19/h4-12,21,23,30H,3,13-18H2,1-2H3. The first-order valence-corrected chi connectivity index (χ1v) is 11.8. The lowest BCUT2D eigenvalue weighted by atomic mass is 9.75. The zero-order valence-corrected chi connectivity index (χ0v) is 19.4. The van der Waals surface area contributed by atoms with Gasteiger partial charge in [0.1, 0.15) is 0 Å². The molecule has 6 heteroatoms. The second-order valence-electron chi connectivity index (χ2n) is 9.33. The maximum absolute atomic E-state index is 13.3. The van der Waals surface area contributed by atoms with Crippen molar-refractivity contribution in [1.82, 2.24) is 9.80 Å². The van der Waals surface area contributed by atoms with Crippen LogP contribution in [0, 0.1) is 5.92 Å². The van der Waals surface area contributed by atoms with E-state index in [-0.39, 0.29) is 42.6 Å². The van der Waals surface area contributed by atoms with E-state index in [1.807, 2.05) is 61.5 Å². The second kappa shape index (κ2) is 9.48. The fourth-order valence-electron chi connectivity index (χ4n) is 5.20. The third-order valence-electron chi connectivity index (χ3n) is 7.39. The Hall–Kier alpha value is -2.99. The molecule has 0 saturated carbocycles. The van der Waals surface area contributed by atoms with Gasteiger partial charge in [0.2, 0.25) is 17.7 Å². The Bertz CT molecular complexity index is 1010. The highest BCUT2D eigenvalue weighted by Gasteiger charge is 2.53. The van der Waals surface area contributed by atoms with Gasteiger partial charge in [-0.25, -0.2) is 0 Å². The number of imide groups is 1. The van der Waals surface area contributed by atoms with Gasteiger partial charge in [0.05, 0.1) is 11.5 Å². The fourth-order valence-corrected chi connectivity index (χ4v) is 5.20. The molecule has 0 bridgehead atoms. The zero-order valence-electron chi connectivity index (χ0n) is 19.4. The first-order chi connectivity index (χ1) is 15.9. The summed E-state index contributed by atoms with van der Waals surface area (Å²) >= 11 is 0. The van der Waals surface area contributed by atoms with Crippen LogP contribution in [0.15, 0.2) is 54.6 Å². The van der Waals surface area contributed by atoms with E-state index in [2.05, 4.69) is 0 Å². The van der Waals surface area contributed by atoms with E-state index in [1.165, 1.54) is 7.05 Å². The second-order valence-corrected chi connectivity index (χ2v) is 9.33. The summed E-state index contributed by atoms with van der Waals surface area (Å²) in [5, 5.41) is 10.1. The molecule has 6 nitrogen and oxygen atoms in total. The van der Waals surface area contributed by atoms with Crippen LogP contribution in [0.25, 0.3) is 11.1 Å². The number of likely N-dealkylation sites (tertiary alicyclic amines) is 2. The highest BCUT2D eigenvalue weighted by Crippen LogP contribution is 2.41. The molecule has 2 aliphatic heterocycles. The van der Waals surface area contributed by atoms with Crippen LogP contribution in [0.4, 0.5) is 0 Å². The summed E-state index contributed by atoms with van der Waals surface area (Å²) < 4.78 is 0. The number of likely N-dealkylation sites (N-methyl/N-ethyl adjacent to an activating group) is 1. The molecule has 2 atom stereocenters. The Balaban J connectivity index is 1.57. The van der Waals surface area contributed by atoms with E-state index in [4.69, 9.17) is 0 Å². The van der Waals surface area contributed by atoms with Crippen LogP contribution in [0.5, 0.6) is 0 Å². The number of aliphatic hydroxyl groups is 1. The molecule has 33 heavy (non-hydrogen) atoms. The number of amides is 3. The summed E-state index contributed by atoms with van der Waals surface area (Å²) in [4.78, 5) is 42.1. The molecular weight excluding hydrogens is 416 g/mol. The summed E-state index contributed by atoms with van der Waals surface area (Å²) in [6.07, 6.45) is 1.87. The summed E-state index contributed by atoms with van der Waals surface area (Å²) in [6.45, 7) is 3.11. The van der Waals surface area contributed by atoms with Gasteiger partial charge in [0, 0.05) is 33.0 Å². The molecule has 0 aliphatic carbocycles. The Kier molecular flexibility index (Phi) is 6.66. The van der Waals surface area contributed by atoms with Gasteiger partial charge in [0.25, 0.3) is 0 Å². The number of hydrogen-bond acceptors (Lipinski definition) is 4. The van der Waals surface area contributed by atoms with Crippen molar-refractivity contribution in [2.24, 2.45) is 5.92 Å². The van der Waals surface area contributed by atoms with Gasteiger partial charge in [-0.2, -0.15) is 0 Å². The highest BCUT2D eigenvalue weighted by molar-refractivity contribution is 6.10. The summed E-state index contributed by atoms with van der Waals surface area (Å²) in [5.74, 6) is -0.475. The van der Waals surface area contributed by atoms with Gasteiger partial charge in [-0.3, -0.25) is 19.3 Å². The largest absolute Gasteiger partial charge is 0.393 e. The maximum Gasteiger partial charge on any atom is 0.240 e. The van der Waals surface area contributed by atoms with E-state index in [1.54, 1.807) is 4.90 Å².